The summed E-state index contributed by atoms with van der Waals surface area (Å²) in [5.74, 6) is 0.0240. The number of hydrogen-bond donors (Lipinski definition) is 2. The van der Waals surface area contributed by atoms with E-state index in [0.29, 0.717) is 6.61 Å². The lowest BCUT2D eigenvalue weighted by atomic mass is 10.1. The molecule has 1 aliphatic heterocycles. The number of methoxy groups -OCH3 is 1. The van der Waals surface area contributed by atoms with Crippen molar-refractivity contribution in [2.75, 3.05) is 24.4 Å². The van der Waals surface area contributed by atoms with Gasteiger partial charge in [0.05, 0.1) is 11.4 Å². The summed E-state index contributed by atoms with van der Waals surface area (Å²) in [5, 5.41) is 6.15. The quantitative estimate of drug-likeness (QED) is 0.840. The summed E-state index contributed by atoms with van der Waals surface area (Å²) < 4.78 is 5.99. The van der Waals surface area contributed by atoms with Gasteiger partial charge in [0.25, 0.3) is 0 Å². The van der Waals surface area contributed by atoms with Crippen LogP contribution in [-0.2, 0) is 9.53 Å². The summed E-state index contributed by atoms with van der Waals surface area (Å²) >= 11 is 3.42. The summed E-state index contributed by atoms with van der Waals surface area (Å²) in [4.78, 5) is 11.8. The number of carbonyl (C=O) groups is 1. The van der Waals surface area contributed by atoms with Crippen LogP contribution in [-0.4, -0.2) is 25.7 Å². The van der Waals surface area contributed by atoms with Crippen molar-refractivity contribution >= 4 is 33.2 Å². The van der Waals surface area contributed by atoms with E-state index in [9.17, 15) is 4.79 Å². The summed E-state index contributed by atoms with van der Waals surface area (Å²) in [7, 11) is 1.67. The highest BCUT2D eigenvalue weighted by molar-refractivity contribution is 9.10. The Kier molecular flexibility index (Phi) is 4.02. The maximum atomic E-state index is 11.8. The number of hydrogen-bond acceptors (Lipinski definition) is 3. The van der Waals surface area contributed by atoms with Gasteiger partial charge in [-0.2, -0.15) is 0 Å². The molecule has 4 nitrogen and oxygen atoms in total. The predicted octanol–water partition coefficient (Wildman–Crippen LogP) is 2.61. The molecule has 0 saturated carbocycles. The molecular formula is C12H15BrN2O2. The molecule has 0 bridgehead atoms. The first-order valence-electron chi connectivity index (χ1n) is 5.56. The number of rotatable bonds is 4. The Balaban J connectivity index is 2.06. The van der Waals surface area contributed by atoms with E-state index in [-0.39, 0.29) is 11.9 Å². The number of halogens is 1. The lowest BCUT2D eigenvalue weighted by molar-refractivity contribution is -0.117. The third kappa shape index (κ3) is 2.98. The lowest BCUT2D eigenvalue weighted by Gasteiger charge is -2.26. The van der Waals surface area contributed by atoms with Crippen LogP contribution in [0.15, 0.2) is 22.7 Å². The van der Waals surface area contributed by atoms with Crippen molar-refractivity contribution in [3.63, 3.8) is 0 Å². The van der Waals surface area contributed by atoms with Crippen LogP contribution >= 0.6 is 15.9 Å². The molecule has 1 aromatic carbocycles. The Bertz CT molecular complexity index is 423. The van der Waals surface area contributed by atoms with Gasteiger partial charge >= 0.3 is 0 Å². The first kappa shape index (κ1) is 12.4. The lowest BCUT2D eigenvalue weighted by Crippen LogP contribution is -2.38. The van der Waals surface area contributed by atoms with Crippen LogP contribution in [0.3, 0.4) is 0 Å². The molecule has 1 amide bonds. The van der Waals surface area contributed by atoms with E-state index in [1.54, 1.807) is 7.11 Å². The van der Waals surface area contributed by atoms with Gasteiger partial charge in [-0.25, -0.2) is 0 Å². The molecule has 2 N–H and O–H groups in total. The molecule has 1 atom stereocenters. The molecule has 1 aromatic rings. The van der Waals surface area contributed by atoms with Crippen molar-refractivity contribution in [2.45, 2.75) is 18.9 Å². The Morgan fingerprint density at radius 2 is 2.24 bits per heavy atom. The predicted molar refractivity (Wildman–Crippen MR) is 71.3 cm³/mol. The van der Waals surface area contributed by atoms with Crippen LogP contribution in [0.4, 0.5) is 11.4 Å². The molecule has 0 radical (unpaired) electrons. The molecule has 92 valence electrons. The Hall–Kier alpha value is -1.07. The van der Waals surface area contributed by atoms with Crippen LogP contribution in [0.5, 0.6) is 0 Å². The summed E-state index contributed by atoms with van der Waals surface area (Å²) in [5.41, 5.74) is 1.79. The molecule has 5 heteroatoms. The first-order chi connectivity index (χ1) is 8.20. The average Bonchev–Trinajstić information content (AvgIpc) is 2.31. The number of benzene rings is 1. The van der Waals surface area contributed by atoms with Gasteiger partial charge in [-0.15, -0.1) is 0 Å². The smallest absolute Gasteiger partial charge is 0.246 e. The van der Waals surface area contributed by atoms with Crippen molar-refractivity contribution in [2.24, 2.45) is 0 Å². The molecule has 0 spiro atoms. The zero-order valence-electron chi connectivity index (χ0n) is 9.63. The molecular weight excluding hydrogens is 284 g/mol. The van der Waals surface area contributed by atoms with Crippen molar-refractivity contribution in [3.8, 4) is 0 Å². The Morgan fingerprint density at radius 1 is 1.41 bits per heavy atom. The number of anilines is 2. The Labute approximate surface area is 109 Å². The largest absolute Gasteiger partial charge is 0.385 e. The van der Waals surface area contributed by atoms with Gasteiger partial charge in [0.1, 0.15) is 6.04 Å². The van der Waals surface area contributed by atoms with E-state index in [0.717, 1.165) is 28.7 Å². The van der Waals surface area contributed by atoms with E-state index in [1.807, 2.05) is 18.2 Å². The third-order valence-corrected chi connectivity index (χ3v) is 3.22. The fourth-order valence-corrected chi connectivity index (χ4v) is 2.21. The molecule has 1 aliphatic rings. The van der Waals surface area contributed by atoms with Gasteiger partial charge in [0, 0.05) is 18.2 Å². The molecule has 1 unspecified atom stereocenters. The minimum atomic E-state index is -0.174. The van der Waals surface area contributed by atoms with Gasteiger partial charge in [-0.1, -0.05) is 15.9 Å². The van der Waals surface area contributed by atoms with Crippen molar-refractivity contribution in [3.05, 3.63) is 22.7 Å². The van der Waals surface area contributed by atoms with E-state index in [1.165, 1.54) is 0 Å². The standard InChI is InChI=1S/C12H15BrN2O2/c1-17-6-2-3-10-12(16)15-9-5-4-8(13)7-11(9)14-10/h4-5,7,10,14H,2-3,6H2,1H3,(H,15,16). The van der Waals surface area contributed by atoms with E-state index >= 15 is 0 Å². The molecule has 0 fully saturated rings. The monoisotopic (exact) mass is 298 g/mol. The zero-order valence-corrected chi connectivity index (χ0v) is 11.2. The molecule has 2 rings (SSSR count). The number of fused-ring (bicyclic) bond motifs is 1. The van der Waals surface area contributed by atoms with Crippen molar-refractivity contribution in [1.82, 2.24) is 0 Å². The van der Waals surface area contributed by atoms with Gasteiger partial charge < -0.3 is 15.4 Å². The van der Waals surface area contributed by atoms with E-state index in [4.69, 9.17) is 4.74 Å². The maximum Gasteiger partial charge on any atom is 0.246 e. The Morgan fingerprint density at radius 3 is 3.00 bits per heavy atom. The second-order valence-corrected chi connectivity index (χ2v) is 4.93. The molecule has 0 aromatic heterocycles. The second kappa shape index (κ2) is 5.51. The van der Waals surface area contributed by atoms with E-state index in [2.05, 4.69) is 26.6 Å². The molecule has 1 heterocycles. The number of carbonyl (C=O) groups excluding carboxylic acids is 1. The maximum absolute atomic E-state index is 11.8. The van der Waals surface area contributed by atoms with Crippen molar-refractivity contribution in [1.29, 1.82) is 0 Å². The average molecular weight is 299 g/mol. The fourth-order valence-electron chi connectivity index (χ4n) is 1.85. The summed E-state index contributed by atoms with van der Waals surface area (Å²) in [6.07, 6.45) is 1.64. The van der Waals surface area contributed by atoms with Gasteiger partial charge in [-0.3, -0.25) is 4.79 Å². The molecule has 17 heavy (non-hydrogen) atoms. The van der Waals surface area contributed by atoms with Crippen LogP contribution in [0.2, 0.25) is 0 Å². The third-order valence-electron chi connectivity index (χ3n) is 2.73. The van der Waals surface area contributed by atoms with Gasteiger partial charge in [0.15, 0.2) is 0 Å². The molecule has 0 aliphatic carbocycles. The number of nitrogens with one attached hydrogen (secondary N) is 2. The molecule has 0 saturated heterocycles. The second-order valence-electron chi connectivity index (χ2n) is 4.01. The highest BCUT2D eigenvalue weighted by Crippen LogP contribution is 2.30. The fraction of sp³-hybridized carbons (Fsp3) is 0.417. The van der Waals surface area contributed by atoms with E-state index < -0.39 is 0 Å². The first-order valence-corrected chi connectivity index (χ1v) is 6.36. The van der Waals surface area contributed by atoms with Gasteiger partial charge in [-0.05, 0) is 31.0 Å². The van der Waals surface area contributed by atoms with Crippen LogP contribution in [0.1, 0.15) is 12.8 Å². The number of amides is 1. The van der Waals surface area contributed by atoms with Crippen LogP contribution in [0.25, 0.3) is 0 Å². The SMILES string of the molecule is COCCCC1Nc2cc(Br)ccc2NC1=O. The normalized spacial score (nSPS) is 18.2. The zero-order chi connectivity index (χ0) is 12.3. The highest BCUT2D eigenvalue weighted by atomic mass is 79.9. The van der Waals surface area contributed by atoms with Crippen LogP contribution in [0, 0.1) is 0 Å². The number of ether oxygens (including phenoxy) is 1. The van der Waals surface area contributed by atoms with Crippen molar-refractivity contribution < 1.29 is 9.53 Å². The van der Waals surface area contributed by atoms with Crippen LogP contribution < -0.4 is 10.6 Å². The minimum absolute atomic E-state index is 0.0240. The summed E-state index contributed by atoms with van der Waals surface area (Å²) in [6, 6.07) is 5.59. The topological polar surface area (TPSA) is 50.4 Å². The highest BCUT2D eigenvalue weighted by Gasteiger charge is 2.24. The summed E-state index contributed by atoms with van der Waals surface area (Å²) in [6.45, 7) is 0.677. The van der Waals surface area contributed by atoms with Gasteiger partial charge in [0.2, 0.25) is 5.91 Å². The minimum Gasteiger partial charge on any atom is -0.385 e.